The zero-order chi connectivity index (χ0) is 16.5. The summed E-state index contributed by atoms with van der Waals surface area (Å²) in [5.74, 6) is -0.745. The first-order chi connectivity index (χ1) is 10.7. The van der Waals surface area contributed by atoms with Crippen molar-refractivity contribution in [2.24, 2.45) is 0 Å². The number of hydrogen-bond donors (Lipinski definition) is 2. The summed E-state index contributed by atoms with van der Waals surface area (Å²) in [6.45, 7) is 2.19. The lowest BCUT2D eigenvalue weighted by Gasteiger charge is -2.04. The summed E-state index contributed by atoms with van der Waals surface area (Å²) < 4.78 is 0. The zero-order valence-electron chi connectivity index (χ0n) is 13.6. The summed E-state index contributed by atoms with van der Waals surface area (Å²) in [5, 5.41) is 17.3. The van der Waals surface area contributed by atoms with Gasteiger partial charge in [0.05, 0.1) is 0 Å². The summed E-state index contributed by atoms with van der Waals surface area (Å²) in [7, 11) is 0. The van der Waals surface area contributed by atoms with Gasteiger partial charge >= 0.3 is 5.97 Å². The number of allylic oxidation sites excluding steroid dienone is 4. The lowest BCUT2D eigenvalue weighted by molar-refractivity contribution is -0.264. The van der Waals surface area contributed by atoms with E-state index in [4.69, 9.17) is 10.4 Å². The molecule has 1 unspecified atom stereocenters. The minimum Gasteiger partial charge on any atom is -0.481 e. The molecule has 0 rings (SSSR count). The largest absolute Gasteiger partial charge is 0.481 e. The molecular weight excluding hydrogens is 280 g/mol. The third-order valence-electron chi connectivity index (χ3n) is 3.23. The van der Waals surface area contributed by atoms with Crippen LogP contribution >= 0.6 is 0 Å². The van der Waals surface area contributed by atoms with Crippen LogP contribution < -0.4 is 0 Å². The Labute approximate surface area is 134 Å². The van der Waals surface area contributed by atoms with E-state index in [2.05, 4.69) is 17.9 Å². The van der Waals surface area contributed by atoms with Crippen LogP contribution in [0.1, 0.15) is 64.7 Å². The number of hydrogen-bond acceptors (Lipinski definition) is 3. The van der Waals surface area contributed by atoms with Crippen molar-refractivity contribution in [1.82, 2.24) is 0 Å². The highest BCUT2D eigenvalue weighted by Gasteiger charge is 2.00. The second kappa shape index (κ2) is 16.0. The van der Waals surface area contributed by atoms with Crippen LogP contribution in [0.5, 0.6) is 0 Å². The Hall–Kier alpha value is -1.39. The van der Waals surface area contributed by atoms with Gasteiger partial charge in [-0.15, -0.1) is 0 Å². The topological polar surface area (TPSA) is 66.8 Å². The molecule has 0 aliphatic carbocycles. The molecule has 22 heavy (non-hydrogen) atoms. The van der Waals surface area contributed by atoms with Gasteiger partial charge in [-0.25, -0.2) is 4.89 Å². The number of carboxylic acids is 1. The summed E-state index contributed by atoms with van der Waals surface area (Å²) >= 11 is 0. The van der Waals surface area contributed by atoms with Crippen molar-refractivity contribution in [1.29, 1.82) is 0 Å². The van der Waals surface area contributed by atoms with E-state index in [-0.39, 0.29) is 12.5 Å². The second-order valence-corrected chi connectivity index (χ2v) is 5.30. The van der Waals surface area contributed by atoms with Crippen molar-refractivity contribution >= 4 is 5.97 Å². The first kappa shape index (κ1) is 20.6. The highest BCUT2D eigenvalue weighted by atomic mass is 17.1. The Morgan fingerprint density at radius 1 is 1.05 bits per heavy atom. The number of aliphatic carboxylic acids is 1. The van der Waals surface area contributed by atoms with E-state index in [1.165, 1.54) is 19.3 Å². The Balaban J connectivity index is 3.74. The molecule has 4 heteroatoms. The second-order valence-electron chi connectivity index (χ2n) is 5.30. The van der Waals surface area contributed by atoms with E-state index in [0.717, 1.165) is 19.3 Å². The fourth-order valence-electron chi connectivity index (χ4n) is 1.92. The van der Waals surface area contributed by atoms with Crippen LogP contribution in [0.3, 0.4) is 0 Å². The van der Waals surface area contributed by atoms with Gasteiger partial charge in [-0.3, -0.25) is 10.1 Å². The van der Waals surface area contributed by atoms with Crippen LogP contribution in [-0.2, 0) is 9.68 Å². The standard InChI is InChI=1S/C18H30O4/c1-2-3-4-5-6-8-11-14-17(22-21)15-12-9-7-10-13-16-18(19)20/h6,8-9,11-12,14,17,21H,2-5,7,10,13,15-16H2,1H3,(H,19,20)/b8-6-,12-9-,14-11+. The van der Waals surface area contributed by atoms with E-state index in [1.807, 2.05) is 30.4 Å². The molecule has 0 aliphatic heterocycles. The Morgan fingerprint density at radius 3 is 2.45 bits per heavy atom. The van der Waals surface area contributed by atoms with E-state index < -0.39 is 5.97 Å². The quantitative estimate of drug-likeness (QED) is 0.153. The van der Waals surface area contributed by atoms with Crippen molar-refractivity contribution < 1.29 is 20.0 Å². The number of unbranched alkanes of at least 4 members (excludes halogenated alkanes) is 5. The monoisotopic (exact) mass is 310 g/mol. The smallest absolute Gasteiger partial charge is 0.303 e. The molecule has 4 nitrogen and oxygen atoms in total. The van der Waals surface area contributed by atoms with Gasteiger partial charge in [-0.05, 0) is 38.5 Å². The zero-order valence-corrected chi connectivity index (χ0v) is 13.6. The fraction of sp³-hybridized carbons (Fsp3) is 0.611. The van der Waals surface area contributed by atoms with Crippen molar-refractivity contribution in [2.75, 3.05) is 0 Å². The molecular formula is C18H30O4. The first-order valence-electron chi connectivity index (χ1n) is 8.21. The van der Waals surface area contributed by atoms with Crippen LogP contribution in [0.2, 0.25) is 0 Å². The van der Waals surface area contributed by atoms with E-state index in [1.54, 1.807) is 0 Å². The maximum atomic E-state index is 10.3. The highest BCUT2D eigenvalue weighted by molar-refractivity contribution is 5.66. The summed E-state index contributed by atoms with van der Waals surface area (Å²) in [6.07, 6.45) is 19.5. The Kier molecular flexibility index (Phi) is 15.0. The molecule has 0 radical (unpaired) electrons. The third kappa shape index (κ3) is 15.0. The average Bonchev–Trinajstić information content (AvgIpc) is 2.50. The average molecular weight is 310 g/mol. The van der Waals surface area contributed by atoms with E-state index in [9.17, 15) is 4.79 Å². The molecule has 0 aromatic heterocycles. The Bertz CT molecular complexity index is 345. The van der Waals surface area contributed by atoms with Crippen molar-refractivity contribution in [2.45, 2.75) is 70.8 Å². The summed E-state index contributed by atoms with van der Waals surface area (Å²) in [4.78, 5) is 14.7. The van der Waals surface area contributed by atoms with Crippen LogP contribution in [0.15, 0.2) is 36.5 Å². The molecule has 0 heterocycles. The maximum absolute atomic E-state index is 10.3. The predicted molar refractivity (Wildman–Crippen MR) is 89.8 cm³/mol. The molecule has 0 saturated heterocycles. The molecule has 0 fully saturated rings. The molecule has 0 saturated carbocycles. The van der Waals surface area contributed by atoms with Crippen LogP contribution in [0.4, 0.5) is 0 Å². The molecule has 0 bridgehead atoms. The number of rotatable bonds is 14. The van der Waals surface area contributed by atoms with Gasteiger partial charge in [-0.2, -0.15) is 0 Å². The molecule has 1 atom stereocenters. The first-order valence-corrected chi connectivity index (χ1v) is 8.21. The van der Waals surface area contributed by atoms with E-state index in [0.29, 0.717) is 12.8 Å². The lowest BCUT2D eigenvalue weighted by atomic mass is 10.1. The minimum absolute atomic E-state index is 0.226. The Morgan fingerprint density at radius 2 is 1.77 bits per heavy atom. The van der Waals surface area contributed by atoms with Gasteiger partial charge in [0.25, 0.3) is 0 Å². The molecule has 0 amide bonds. The maximum Gasteiger partial charge on any atom is 0.303 e. The minimum atomic E-state index is -0.745. The molecule has 0 spiro atoms. The van der Waals surface area contributed by atoms with Gasteiger partial charge in [-0.1, -0.05) is 56.2 Å². The summed E-state index contributed by atoms with van der Waals surface area (Å²) in [6, 6.07) is 0. The molecule has 0 aliphatic rings. The fourth-order valence-corrected chi connectivity index (χ4v) is 1.92. The van der Waals surface area contributed by atoms with Gasteiger partial charge in [0.15, 0.2) is 0 Å². The highest BCUT2D eigenvalue weighted by Crippen LogP contribution is 2.05. The van der Waals surface area contributed by atoms with Crippen molar-refractivity contribution in [3.05, 3.63) is 36.5 Å². The molecule has 0 aromatic rings. The van der Waals surface area contributed by atoms with Crippen LogP contribution in [0, 0.1) is 0 Å². The number of carboxylic acid groups (broad SMARTS) is 1. The molecule has 126 valence electrons. The van der Waals surface area contributed by atoms with Gasteiger partial charge in [0.1, 0.15) is 6.10 Å². The van der Waals surface area contributed by atoms with Crippen LogP contribution in [-0.4, -0.2) is 22.4 Å². The number of carbonyl (C=O) groups is 1. The van der Waals surface area contributed by atoms with Gasteiger partial charge < -0.3 is 5.11 Å². The van der Waals surface area contributed by atoms with Crippen LogP contribution in [0.25, 0.3) is 0 Å². The van der Waals surface area contributed by atoms with Crippen molar-refractivity contribution in [3.63, 3.8) is 0 Å². The van der Waals surface area contributed by atoms with Crippen molar-refractivity contribution in [3.8, 4) is 0 Å². The van der Waals surface area contributed by atoms with E-state index >= 15 is 0 Å². The third-order valence-corrected chi connectivity index (χ3v) is 3.23. The molecule has 2 N–H and O–H groups in total. The summed E-state index contributed by atoms with van der Waals surface area (Å²) in [5.41, 5.74) is 0. The lowest BCUT2D eigenvalue weighted by Crippen LogP contribution is -2.04. The SMILES string of the molecule is CCCCC/C=C\C=C\C(C/C=C\CCCCC(=O)O)OO. The van der Waals surface area contributed by atoms with Gasteiger partial charge in [0.2, 0.25) is 0 Å². The molecule has 0 aromatic carbocycles. The normalized spacial score (nSPS) is 13.5. The van der Waals surface area contributed by atoms with Gasteiger partial charge in [0, 0.05) is 6.42 Å². The predicted octanol–water partition coefficient (Wildman–Crippen LogP) is 5.13.